The van der Waals surface area contributed by atoms with Crippen molar-refractivity contribution in [3.05, 3.63) is 47.2 Å². The number of ketones is 1. The average Bonchev–Trinajstić information content (AvgIpc) is 3.54. The topological polar surface area (TPSA) is 166 Å². The van der Waals surface area contributed by atoms with Gasteiger partial charge in [0.2, 0.25) is 0 Å². The number of ether oxygens (including phenoxy) is 3. The zero-order valence-electron chi connectivity index (χ0n) is 34.4. The molecule has 7 rings (SSSR count). The minimum absolute atomic E-state index is 0.0396. The second-order valence-corrected chi connectivity index (χ2v) is 21.1. The van der Waals surface area contributed by atoms with E-state index < -0.39 is 37.5 Å². The Balaban J connectivity index is 1.03. The smallest absolute Gasteiger partial charge is 0.415 e. The zero-order chi connectivity index (χ0) is 41.4. The van der Waals surface area contributed by atoms with Crippen molar-refractivity contribution >= 4 is 27.6 Å². The average molecular weight is 805 g/mol. The fraction of sp³-hybridized carbons (Fsp3) is 0.659. The second kappa shape index (κ2) is 14.0. The number of hydrogen-bond acceptors (Lipinski definition) is 11. The van der Waals surface area contributed by atoms with E-state index in [-0.39, 0.29) is 80.1 Å². The van der Waals surface area contributed by atoms with Gasteiger partial charge in [-0.2, -0.15) is 0 Å². The van der Waals surface area contributed by atoms with Crippen LogP contribution >= 0.6 is 0 Å². The van der Waals surface area contributed by atoms with E-state index in [1.165, 1.54) is 36.9 Å². The van der Waals surface area contributed by atoms with E-state index in [1.807, 2.05) is 13.0 Å². The number of allylic oxidation sites excluding steroid dienone is 2. The van der Waals surface area contributed by atoms with Gasteiger partial charge in [0, 0.05) is 11.3 Å². The molecule has 0 N–H and O–H groups in total. The third kappa shape index (κ3) is 6.31. The fourth-order valence-electron chi connectivity index (χ4n) is 12.5. The van der Waals surface area contributed by atoms with Crippen molar-refractivity contribution in [2.45, 2.75) is 129 Å². The standard InChI is InChI=1S/C44H56N2O10S/c1-39(2)32-17-20-44(7)35(31(47)26-29-30-27-41(4,38(49)53-8)22-21-40(30,3)23-24-43(29,44)6)42(32,5)19-18-33(39)55-34(48)16-12-13-25-54-36-37(46(50)56-45-36)57(51,52)28-14-10-9-11-15-28/h9-11,14-15,26,30,32-33,35H,16-25,27H2,1-8H3/t30-,32-,33-,35+,40+,41-,42-,43+,44+/m0/s1. The van der Waals surface area contributed by atoms with Crippen molar-refractivity contribution in [2.24, 2.45) is 50.2 Å². The maximum Gasteiger partial charge on any atom is 0.415 e. The van der Waals surface area contributed by atoms with Crippen LogP contribution in [0, 0.1) is 67.3 Å². The first-order valence-electron chi connectivity index (χ1n) is 20.2. The molecule has 2 aromatic rings. The van der Waals surface area contributed by atoms with Crippen LogP contribution in [-0.2, 0) is 33.7 Å². The van der Waals surface area contributed by atoms with Gasteiger partial charge < -0.3 is 19.4 Å². The quantitative estimate of drug-likeness (QED) is 0.161. The molecule has 12 nitrogen and oxygen atoms in total. The Morgan fingerprint density at radius 2 is 1.67 bits per heavy atom. The molecule has 1 heterocycles. The first-order valence-corrected chi connectivity index (χ1v) is 21.7. The molecule has 1 aromatic carbocycles. The molecule has 5 aliphatic carbocycles. The molecule has 5 aliphatic rings. The Bertz CT molecular complexity index is 2170. The van der Waals surface area contributed by atoms with Crippen LogP contribution in [-0.4, -0.2) is 51.1 Å². The molecule has 0 amide bonds. The van der Waals surface area contributed by atoms with Crippen molar-refractivity contribution in [3.8, 4) is 17.7 Å². The molecule has 0 spiro atoms. The first-order chi connectivity index (χ1) is 26.7. The number of fused-ring (bicyclic) bond motifs is 7. The molecule has 0 bridgehead atoms. The van der Waals surface area contributed by atoms with Crippen LogP contribution in [0.15, 0.2) is 56.5 Å². The number of nitrogens with zero attached hydrogens (tertiary/aromatic N) is 2. The summed E-state index contributed by atoms with van der Waals surface area (Å²) in [5.74, 6) is 4.53. The lowest BCUT2D eigenvalue weighted by atomic mass is 9.33. The van der Waals surface area contributed by atoms with Gasteiger partial charge in [0.05, 0.1) is 22.6 Å². The van der Waals surface area contributed by atoms with E-state index in [0.29, 0.717) is 12.8 Å². The summed E-state index contributed by atoms with van der Waals surface area (Å²) in [6, 6.07) is 7.37. The van der Waals surface area contributed by atoms with Crippen LogP contribution in [0.4, 0.5) is 0 Å². The van der Waals surface area contributed by atoms with Gasteiger partial charge in [0.15, 0.2) is 12.4 Å². The fourth-order valence-corrected chi connectivity index (χ4v) is 13.8. The molecule has 9 atom stereocenters. The van der Waals surface area contributed by atoms with Gasteiger partial charge in [-0.3, -0.25) is 19.0 Å². The number of hydrogen-bond donors (Lipinski definition) is 0. The first kappa shape index (κ1) is 41.0. The SMILES string of the molecule is COC(=O)[C@@]1(C)CC[C@]2(C)CC[C@]3(C)C(=CC(=O)[C@@H]4[C@@]5(C)CC[C@H](OC(=O)CC#CCOc6no[n+]([O-])c6S(=O)(=O)c6ccccc6)C(C)(C)[C@@H]5CC[C@]43C)[C@@H]2C1. The van der Waals surface area contributed by atoms with Gasteiger partial charge in [0.1, 0.15) is 12.5 Å². The van der Waals surface area contributed by atoms with Crippen LogP contribution in [0.5, 0.6) is 5.88 Å². The summed E-state index contributed by atoms with van der Waals surface area (Å²) in [4.78, 5) is 40.6. The molecular formula is C44H56N2O10S. The second-order valence-electron chi connectivity index (χ2n) is 19.3. The van der Waals surface area contributed by atoms with Crippen molar-refractivity contribution in [1.82, 2.24) is 5.16 Å². The molecule has 0 saturated heterocycles. The lowest BCUT2D eigenvalue weighted by Gasteiger charge is -2.70. The third-order valence-corrected chi connectivity index (χ3v) is 17.7. The number of benzene rings is 1. The van der Waals surface area contributed by atoms with Gasteiger partial charge in [-0.1, -0.05) is 77.2 Å². The van der Waals surface area contributed by atoms with Crippen LogP contribution in [0.3, 0.4) is 0 Å². The van der Waals surface area contributed by atoms with Gasteiger partial charge in [-0.15, -0.1) is 0 Å². The highest BCUT2D eigenvalue weighted by Gasteiger charge is 2.70. The molecule has 0 radical (unpaired) electrons. The van der Waals surface area contributed by atoms with E-state index in [0.717, 1.165) is 44.9 Å². The minimum atomic E-state index is -4.28. The summed E-state index contributed by atoms with van der Waals surface area (Å²) in [7, 11) is -2.81. The van der Waals surface area contributed by atoms with Gasteiger partial charge in [0.25, 0.3) is 9.84 Å². The minimum Gasteiger partial charge on any atom is -0.469 e. The van der Waals surface area contributed by atoms with Crippen molar-refractivity contribution in [1.29, 1.82) is 0 Å². The number of carbonyl (C=O) groups excluding carboxylic acids is 3. The molecule has 13 heteroatoms. The Labute approximate surface area is 335 Å². The summed E-state index contributed by atoms with van der Waals surface area (Å²) < 4.78 is 47.3. The lowest BCUT2D eigenvalue weighted by Crippen LogP contribution is -2.66. The number of esters is 2. The summed E-state index contributed by atoms with van der Waals surface area (Å²) >= 11 is 0. The Kier molecular flexibility index (Phi) is 10.1. The molecule has 4 fully saturated rings. The maximum atomic E-state index is 14.8. The van der Waals surface area contributed by atoms with Crippen molar-refractivity contribution < 1.29 is 46.5 Å². The van der Waals surface area contributed by atoms with Crippen LogP contribution in [0.1, 0.15) is 113 Å². The van der Waals surface area contributed by atoms with E-state index in [4.69, 9.17) is 14.2 Å². The number of carbonyl (C=O) groups is 3. The predicted octanol–water partition coefficient (Wildman–Crippen LogP) is 6.98. The van der Waals surface area contributed by atoms with E-state index >= 15 is 0 Å². The number of sulfone groups is 1. The highest BCUT2D eigenvalue weighted by atomic mass is 32.2. The van der Waals surface area contributed by atoms with Crippen LogP contribution in [0.25, 0.3) is 0 Å². The van der Waals surface area contributed by atoms with Crippen LogP contribution in [0.2, 0.25) is 0 Å². The lowest BCUT2D eigenvalue weighted by molar-refractivity contribution is -0.832. The molecule has 4 saturated carbocycles. The highest BCUT2D eigenvalue weighted by molar-refractivity contribution is 7.91. The molecule has 0 unspecified atom stereocenters. The third-order valence-electron chi connectivity index (χ3n) is 16.0. The van der Waals surface area contributed by atoms with Gasteiger partial charge in [-0.05, 0) is 121 Å². The summed E-state index contributed by atoms with van der Waals surface area (Å²) in [5, 5.41) is 14.8. The van der Waals surface area contributed by atoms with Gasteiger partial charge >= 0.3 is 22.8 Å². The van der Waals surface area contributed by atoms with E-state index in [9.17, 15) is 28.0 Å². The van der Waals surface area contributed by atoms with Crippen LogP contribution < -0.4 is 9.64 Å². The number of methoxy groups -OCH3 is 1. The van der Waals surface area contributed by atoms with Crippen molar-refractivity contribution in [3.63, 3.8) is 0 Å². The molecule has 57 heavy (non-hydrogen) atoms. The Morgan fingerprint density at radius 3 is 2.37 bits per heavy atom. The Morgan fingerprint density at radius 1 is 0.965 bits per heavy atom. The van der Waals surface area contributed by atoms with E-state index in [2.05, 4.69) is 63.2 Å². The normalized spacial score (nSPS) is 36.8. The predicted molar refractivity (Wildman–Crippen MR) is 207 cm³/mol. The monoisotopic (exact) mass is 804 g/mol. The zero-order valence-corrected chi connectivity index (χ0v) is 35.3. The largest absolute Gasteiger partial charge is 0.469 e. The summed E-state index contributed by atoms with van der Waals surface area (Å²) in [6.07, 6.45) is 9.10. The van der Waals surface area contributed by atoms with Gasteiger partial charge in [-0.25, -0.2) is 8.42 Å². The summed E-state index contributed by atoms with van der Waals surface area (Å²) in [5.41, 5.74) is -0.443. The molecular weight excluding hydrogens is 749 g/mol. The Hall–Kier alpha value is -4.18. The van der Waals surface area contributed by atoms with Crippen molar-refractivity contribution in [2.75, 3.05) is 13.7 Å². The summed E-state index contributed by atoms with van der Waals surface area (Å²) in [6.45, 7) is 15.4. The van der Waals surface area contributed by atoms with E-state index in [1.54, 1.807) is 6.07 Å². The molecule has 1 aromatic heterocycles. The molecule has 308 valence electrons. The molecule has 0 aliphatic heterocycles. The number of rotatable bonds is 7. The highest BCUT2D eigenvalue weighted by Crippen LogP contribution is 2.75. The maximum absolute atomic E-state index is 14.8. The number of aromatic nitrogens is 2.